The Labute approximate surface area is 134 Å². The van der Waals surface area contributed by atoms with Crippen molar-refractivity contribution >= 4 is 27.4 Å². The molecule has 3 heterocycles. The maximum atomic E-state index is 10.8. The first-order valence-electron chi connectivity index (χ1n) is 6.73. The van der Waals surface area contributed by atoms with Crippen molar-refractivity contribution in [1.82, 2.24) is 19.7 Å². The fourth-order valence-electron chi connectivity index (χ4n) is 2.30. The smallest absolute Gasteiger partial charge is 0.358 e. The Kier molecular flexibility index (Phi) is 3.09. The fourth-order valence-corrected chi connectivity index (χ4v) is 3.30. The van der Waals surface area contributed by atoms with Gasteiger partial charge in [0.15, 0.2) is 5.82 Å². The monoisotopic (exact) mass is 323 g/mol. The molecule has 0 spiro atoms. The molecule has 0 bridgehead atoms. The number of fused-ring (bicyclic) bond motifs is 1. The molecule has 3 aromatic heterocycles. The van der Waals surface area contributed by atoms with E-state index in [0.717, 1.165) is 20.7 Å². The number of nitrogens with zero attached hydrogens (tertiary/aromatic N) is 5. The molecule has 0 radical (unpaired) electrons. The standard InChI is InChI=1S/C15H9N5O2S/c21-20(22)13-6-7-19(18-13)14-11-8-12(10-4-2-1-3-5-10)23-15(11)17-9-16-14/h1-9H. The van der Waals surface area contributed by atoms with Gasteiger partial charge in [0.1, 0.15) is 11.2 Å². The lowest BCUT2D eigenvalue weighted by Crippen LogP contribution is -2.00. The maximum absolute atomic E-state index is 10.8. The number of hydrogen-bond donors (Lipinski definition) is 0. The molecule has 1 aromatic carbocycles. The van der Waals surface area contributed by atoms with Crippen molar-refractivity contribution < 1.29 is 4.92 Å². The molecule has 4 rings (SSSR count). The summed E-state index contributed by atoms with van der Waals surface area (Å²) in [6.07, 6.45) is 2.97. The van der Waals surface area contributed by atoms with E-state index in [-0.39, 0.29) is 5.82 Å². The minimum Gasteiger partial charge on any atom is -0.358 e. The number of thiophene rings is 1. The molecule has 23 heavy (non-hydrogen) atoms. The lowest BCUT2D eigenvalue weighted by Gasteiger charge is -1.96. The summed E-state index contributed by atoms with van der Waals surface area (Å²) in [4.78, 5) is 20.7. The quantitative estimate of drug-likeness (QED) is 0.426. The summed E-state index contributed by atoms with van der Waals surface area (Å²) in [6, 6.07) is 13.3. The van der Waals surface area contributed by atoms with Crippen LogP contribution >= 0.6 is 11.3 Å². The molecular formula is C15H9N5O2S. The Morgan fingerprint density at radius 3 is 2.70 bits per heavy atom. The minimum absolute atomic E-state index is 0.213. The van der Waals surface area contributed by atoms with E-state index in [0.29, 0.717) is 5.82 Å². The molecule has 0 N–H and O–H groups in total. The van der Waals surface area contributed by atoms with Crippen LogP contribution in [0.1, 0.15) is 0 Å². The SMILES string of the molecule is O=[N+]([O-])c1ccn(-c2ncnc3sc(-c4ccccc4)cc23)n1. The summed E-state index contributed by atoms with van der Waals surface area (Å²) in [6.45, 7) is 0. The minimum atomic E-state index is -0.530. The van der Waals surface area contributed by atoms with Gasteiger partial charge in [-0.05, 0) is 16.6 Å². The molecular weight excluding hydrogens is 314 g/mol. The number of rotatable bonds is 3. The van der Waals surface area contributed by atoms with E-state index < -0.39 is 4.92 Å². The third kappa shape index (κ3) is 2.34. The molecule has 0 atom stereocenters. The Bertz CT molecular complexity index is 1010. The number of nitro groups is 1. The van der Waals surface area contributed by atoms with Crippen LogP contribution in [-0.4, -0.2) is 24.7 Å². The number of hydrogen-bond acceptors (Lipinski definition) is 6. The highest BCUT2D eigenvalue weighted by atomic mass is 32.1. The molecule has 7 nitrogen and oxygen atoms in total. The van der Waals surface area contributed by atoms with Crippen molar-refractivity contribution in [2.45, 2.75) is 0 Å². The van der Waals surface area contributed by atoms with Crippen LogP contribution in [0.2, 0.25) is 0 Å². The molecule has 0 aliphatic carbocycles. The van der Waals surface area contributed by atoms with Gasteiger partial charge in [0.2, 0.25) is 0 Å². The Morgan fingerprint density at radius 2 is 1.96 bits per heavy atom. The van der Waals surface area contributed by atoms with Gasteiger partial charge >= 0.3 is 5.82 Å². The van der Waals surface area contributed by atoms with Gasteiger partial charge in [-0.3, -0.25) is 0 Å². The lowest BCUT2D eigenvalue weighted by molar-refractivity contribution is -0.389. The van der Waals surface area contributed by atoms with E-state index in [4.69, 9.17) is 0 Å². The molecule has 4 aromatic rings. The zero-order valence-electron chi connectivity index (χ0n) is 11.7. The summed E-state index contributed by atoms with van der Waals surface area (Å²) in [5.74, 6) is 0.316. The summed E-state index contributed by atoms with van der Waals surface area (Å²) >= 11 is 1.55. The van der Waals surface area contributed by atoms with Crippen LogP contribution in [0.15, 0.2) is 55.0 Å². The van der Waals surface area contributed by atoms with Crippen molar-refractivity contribution in [2.75, 3.05) is 0 Å². The largest absolute Gasteiger partial charge is 0.390 e. The average Bonchev–Trinajstić information content (AvgIpc) is 3.22. The molecule has 0 saturated heterocycles. The predicted octanol–water partition coefficient (Wildman–Crippen LogP) is 3.45. The number of aromatic nitrogens is 4. The average molecular weight is 323 g/mol. The molecule has 112 valence electrons. The van der Waals surface area contributed by atoms with Gasteiger partial charge in [-0.1, -0.05) is 30.3 Å². The predicted molar refractivity (Wildman–Crippen MR) is 86.6 cm³/mol. The van der Waals surface area contributed by atoms with Gasteiger partial charge < -0.3 is 10.1 Å². The van der Waals surface area contributed by atoms with Crippen LogP contribution in [0.3, 0.4) is 0 Å². The highest BCUT2D eigenvalue weighted by Crippen LogP contribution is 2.34. The Balaban J connectivity index is 1.87. The Hall–Kier alpha value is -3.13. The number of benzene rings is 1. The van der Waals surface area contributed by atoms with Gasteiger partial charge in [-0.25, -0.2) is 9.97 Å². The van der Waals surface area contributed by atoms with Crippen LogP contribution < -0.4 is 0 Å². The first-order valence-corrected chi connectivity index (χ1v) is 7.54. The molecule has 0 aliphatic rings. The first kappa shape index (κ1) is 13.5. The van der Waals surface area contributed by atoms with E-state index in [9.17, 15) is 10.1 Å². The molecule has 0 saturated carbocycles. The van der Waals surface area contributed by atoms with Gasteiger partial charge in [0.25, 0.3) is 0 Å². The molecule has 8 heteroatoms. The van der Waals surface area contributed by atoms with Crippen LogP contribution in [0.5, 0.6) is 0 Å². The van der Waals surface area contributed by atoms with Crippen LogP contribution in [0.4, 0.5) is 5.82 Å². The normalized spacial score (nSPS) is 11.0. The van der Waals surface area contributed by atoms with Crippen LogP contribution in [0, 0.1) is 10.1 Å². The van der Waals surface area contributed by atoms with E-state index in [2.05, 4.69) is 15.1 Å². The molecule has 0 amide bonds. The van der Waals surface area contributed by atoms with Gasteiger partial charge in [0, 0.05) is 4.88 Å². The topological polar surface area (TPSA) is 86.7 Å². The second-order valence-electron chi connectivity index (χ2n) is 4.77. The van der Waals surface area contributed by atoms with Crippen molar-refractivity contribution in [3.63, 3.8) is 0 Å². The summed E-state index contributed by atoms with van der Waals surface area (Å²) in [5, 5.41) is 15.6. The second-order valence-corrected chi connectivity index (χ2v) is 5.80. The summed E-state index contributed by atoms with van der Waals surface area (Å²) in [7, 11) is 0. The van der Waals surface area contributed by atoms with Crippen molar-refractivity contribution in [3.05, 3.63) is 65.1 Å². The van der Waals surface area contributed by atoms with Gasteiger partial charge in [0.05, 0.1) is 22.7 Å². The van der Waals surface area contributed by atoms with E-state index >= 15 is 0 Å². The third-order valence-corrected chi connectivity index (χ3v) is 4.44. The first-order chi connectivity index (χ1) is 11.2. The fraction of sp³-hybridized carbons (Fsp3) is 0. The summed E-state index contributed by atoms with van der Waals surface area (Å²) in [5.41, 5.74) is 1.09. The third-order valence-electron chi connectivity index (χ3n) is 3.35. The van der Waals surface area contributed by atoms with E-state index in [1.54, 1.807) is 11.3 Å². The zero-order chi connectivity index (χ0) is 15.8. The van der Waals surface area contributed by atoms with Crippen molar-refractivity contribution in [3.8, 4) is 16.3 Å². The van der Waals surface area contributed by atoms with Crippen molar-refractivity contribution in [2.24, 2.45) is 0 Å². The van der Waals surface area contributed by atoms with Gasteiger partial charge in [-0.15, -0.1) is 16.0 Å². The van der Waals surface area contributed by atoms with Crippen LogP contribution in [-0.2, 0) is 0 Å². The van der Waals surface area contributed by atoms with Crippen LogP contribution in [0.25, 0.3) is 26.5 Å². The Morgan fingerprint density at radius 1 is 1.13 bits per heavy atom. The summed E-state index contributed by atoms with van der Waals surface area (Å²) < 4.78 is 1.41. The maximum Gasteiger partial charge on any atom is 0.390 e. The highest BCUT2D eigenvalue weighted by molar-refractivity contribution is 7.21. The second kappa shape index (κ2) is 5.25. The molecule has 0 unspecified atom stereocenters. The van der Waals surface area contributed by atoms with Gasteiger partial charge in [-0.2, -0.15) is 0 Å². The van der Waals surface area contributed by atoms with E-state index in [1.165, 1.54) is 23.3 Å². The highest BCUT2D eigenvalue weighted by Gasteiger charge is 2.17. The van der Waals surface area contributed by atoms with Crippen molar-refractivity contribution in [1.29, 1.82) is 0 Å². The lowest BCUT2D eigenvalue weighted by atomic mass is 10.2. The molecule has 0 fully saturated rings. The van der Waals surface area contributed by atoms with E-state index in [1.807, 2.05) is 36.4 Å². The zero-order valence-corrected chi connectivity index (χ0v) is 12.5. The molecule has 0 aliphatic heterocycles.